The summed E-state index contributed by atoms with van der Waals surface area (Å²) >= 11 is 0. The van der Waals surface area contributed by atoms with Gasteiger partial charge in [0.1, 0.15) is 11.4 Å². The van der Waals surface area contributed by atoms with Gasteiger partial charge in [-0.2, -0.15) is 0 Å². The predicted molar refractivity (Wildman–Crippen MR) is 138 cm³/mol. The highest BCUT2D eigenvalue weighted by atomic mass is 16.6. The third-order valence-corrected chi connectivity index (χ3v) is 5.67. The fourth-order valence-electron chi connectivity index (χ4n) is 3.96. The minimum absolute atomic E-state index is 0.159. The van der Waals surface area contributed by atoms with Crippen molar-refractivity contribution in [3.05, 3.63) is 90.0 Å². The molecule has 3 aromatic rings. The van der Waals surface area contributed by atoms with Crippen LogP contribution in [-0.4, -0.2) is 44.8 Å². The van der Waals surface area contributed by atoms with Crippen molar-refractivity contribution in [2.45, 2.75) is 64.3 Å². The normalized spacial score (nSPS) is 13.9. The summed E-state index contributed by atoms with van der Waals surface area (Å²) in [6.45, 7) is 5.62. The molecule has 0 unspecified atom stereocenters. The zero-order valence-electron chi connectivity index (χ0n) is 21.1. The lowest BCUT2D eigenvalue weighted by Gasteiger charge is -2.29. The largest absolute Gasteiger partial charge is 0.444 e. The SMILES string of the molecule is CC(C)(C)OC(=O)N[C@@H](Cc1ccccc1)[C@@H](O)C[C@@H](Cc1ccccc1)C(=O)NCc1ncc[nH]1. The van der Waals surface area contributed by atoms with E-state index < -0.39 is 29.8 Å². The van der Waals surface area contributed by atoms with E-state index in [9.17, 15) is 14.7 Å². The molecule has 36 heavy (non-hydrogen) atoms. The molecule has 0 bridgehead atoms. The number of rotatable bonds is 11. The van der Waals surface area contributed by atoms with Crippen LogP contribution in [0.15, 0.2) is 73.1 Å². The highest BCUT2D eigenvalue weighted by Crippen LogP contribution is 2.19. The van der Waals surface area contributed by atoms with Gasteiger partial charge in [-0.15, -0.1) is 0 Å². The number of nitrogens with zero attached hydrogens (tertiary/aromatic N) is 1. The van der Waals surface area contributed by atoms with E-state index in [0.29, 0.717) is 18.7 Å². The molecular formula is C28H36N4O4. The lowest BCUT2D eigenvalue weighted by molar-refractivity contribution is -0.126. The first kappa shape index (κ1) is 26.9. The third kappa shape index (κ3) is 9.19. The number of aliphatic hydroxyl groups excluding tert-OH is 1. The van der Waals surface area contributed by atoms with E-state index >= 15 is 0 Å². The molecule has 1 aromatic heterocycles. The molecule has 0 saturated heterocycles. The predicted octanol–water partition coefficient (Wildman–Crippen LogP) is 3.77. The summed E-state index contributed by atoms with van der Waals surface area (Å²) in [6.07, 6.45) is 2.74. The number of imidazole rings is 1. The molecule has 4 N–H and O–H groups in total. The van der Waals surface area contributed by atoms with Gasteiger partial charge in [0.2, 0.25) is 5.91 Å². The second-order valence-corrected chi connectivity index (χ2v) is 9.89. The van der Waals surface area contributed by atoms with Crippen LogP contribution in [0.5, 0.6) is 0 Å². The van der Waals surface area contributed by atoms with Gasteiger partial charge in [0.05, 0.1) is 18.7 Å². The number of carbonyl (C=O) groups is 2. The van der Waals surface area contributed by atoms with Crippen LogP contribution >= 0.6 is 0 Å². The fraction of sp³-hybridized carbons (Fsp3) is 0.393. The second kappa shape index (κ2) is 12.9. The Labute approximate surface area is 212 Å². The zero-order chi connectivity index (χ0) is 26.0. The maximum absolute atomic E-state index is 13.2. The number of amides is 2. The first-order valence-electron chi connectivity index (χ1n) is 12.2. The smallest absolute Gasteiger partial charge is 0.407 e. The fourth-order valence-corrected chi connectivity index (χ4v) is 3.96. The van der Waals surface area contributed by atoms with E-state index in [1.54, 1.807) is 33.2 Å². The lowest BCUT2D eigenvalue weighted by Crippen LogP contribution is -2.48. The number of hydrogen-bond acceptors (Lipinski definition) is 5. The molecule has 0 spiro atoms. The van der Waals surface area contributed by atoms with Crippen molar-refractivity contribution in [3.63, 3.8) is 0 Å². The quantitative estimate of drug-likeness (QED) is 0.325. The molecule has 8 heteroatoms. The van der Waals surface area contributed by atoms with Gasteiger partial charge < -0.3 is 25.5 Å². The van der Waals surface area contributed by atoms with Gasteiger partial charge in [-0.05, 0) is 51.2 Å². The van der Waals surface area contributed by atoms with Crippen LogP contribution in [-0.2, 0) is 28.9 Å². The minimum atomic E-state index is -0.985. The molecule has 3 atom stereocenters. The van der Waals surface area contributed by atoms with Crippen molar-refractivity contribution in [1.29, 1.82) is 0 Å². The van der Waals surface area contributed by atoms with Gasteiger partial charge in [-0.25, -0.2) is 9.78 Å². The summed E-state index contributed by atoms with van der Waals surface area (Å²) in [6, 6.07) is 18.6. The van der Waals surface area contributed by atoms with Crippen molar-refractivity contribution in [2.24, 2.45) is 5.92 Å². The molecule has 3 rings (SSSR count). The number of carbonyl (C=O) groups excluding carboxylic acids is 2. The average molecular weight is 493 g/mol. The Kier molecular flexibility index (Phi) is 9.64. The summed E-state index contributed by atoms with van der Waals surface area (Å²) in [5.74, 6) is -0.0583. The maximum Gasteiger partial charge on any atom is 0.407 e. The number of nitrogens with one attached hydrogen (secondary N) is 3. The third-order valence-electron chi connectivity index (χ3n) is 5.67. The van der Waals surface area contributed by atoms with Crippen molar-refractivity contribution < 1.29 is 19.4 Å². The van der Waals surface area contributed by atoms with E-state index in [2.05, 4.69) is 20.6 Å². The van der Waals surface area contributed by atoms with E-state index in [1.165, 1.54) is 0 Å². The molecule has 0 aliphatic carbocycles. The van der Waals surface area contributed by atoms with Crippen LogP contribution in [0.2, 0.25) is 0 Å². The van der Waals surface area contributed by atoms with Gasteiger partial charge >= 0.3 is 6.09 Å². The van der Waals surface area contributed by atoms with Crippen molar-refractivity contribution >= 4 is 12.0 Å². The monoisotopic (exact) mass is 492 g/mol. The molecule has 0 saturated carbocycles. The highest BCUT2D eigenvalue weighted by Gasteiger charge is 2.30. The van der Waals surface area contributed by atoms with Gasteiger partial charge in [0.15, 0.2) is 0 Å². The lowest BCUT2D eigenvalue weighted by atomic mass is 9.88. The van der Waals surface area contributed by atoms with Gasteiger partial charge in [-0.3, -0.25) is 4.79 Å². The highest BCUT2D eigenvalue weighted by molar-refractivity contribution is 5.79. The number of aromatic amines is 1. The van der Waals surface area contributed by atoms with Gasteiger partial charge in [-0.1, -0.05) is 60.7 Å². The van der Waals surface area contributed by atoms with Gasteiger partial charge in [0, 0.05) is 18.3 Å². The summed E-state index contributed by atoms with van der Waals surface area (Å²) in [4.78, 5) is 32.9. The summed E-state index contributed by atoms with van der Waals surface area (Å²) < 4.78 is 5.43. The number of hydrogen-bond donors (Lipinski definition) is 4. The molecule has 192 valence electrons. The van der Waals surface area contributed by atoms with Crippen molar-refractivity contribution in [3.8, 4) is 0 Å². The Bertz CT molecular complexity index is 1070. The first-order valence-corrected chi connectivity index (χ1v) is 12.2. The van der Waals surface area contributed by atoms with Crippen LogP contribution in [0.4, 0.5) is 4.79 Å². The molecule has 1 heterocycles. The number of aromatic nitrogens is 2. The molecule has 0 radical (unpaired) electrons. The van der Waals surface area contributed by atoms with E-state index in [0.717, 1.165) is 11.1 Å². The van der Waals surface area contributed by atoms with E-state index in [4.69, 9.17) is 4.74 Å². The summed E-state index contributed by atoms with van der Waals surface area (Å²) in [5.41, 5.74) is 1.27. The van der Waals surface area contributed by atoms with Crippen LogP contribution in [0.25, 0.3) is 0 Å². The second-order valence-electron chi connectivity index (χ2n) is 9.89. The number of benzene rings is 2. The molecule has 0 aliphatic rings. The van der Waals surface area contributed by atoms with Crippen LogP contribution < -0.4 is 10.6 Å². The molecule has 8 nitrogen and oxygen atoms in total. The number of aliphatic hydroxyl groups is 1. The Morgan fingerprint density at radius 1 is 1.00 bits per heavy atom. The average Bonchev–Trinajstić information content (AvgIpc) is 3.35. The minimum Gasteiger partial charge on any atom is -0.444 e. The van der Waals surface area contributed by atoms with Gasteiger partial charge in [0.25, 0.3) is 0 Å². The molecule has 2 amide bonds. The van der Waals surface area contributed by atoms with E-state index in [-0.39, 0.29) is 18.9 Å². The van der Waals surface area contributed by atoms with Crippen LogP contribution in [0, 0.1) is 5.92 Å². The first-order chi connectivity index (χ1) is 17.2. The Hall–Kier alpha value is -3.65. The number of alkyl carbamates (subject to hydrolysis) is 1. The van der Waals surface area contributed by atoms with Crippen LogP contribution in [0.1, 0.15) is 44.1 Å². The van der Waals surface area contributed by atoms with Crippen molar-refractivity contribution in [1.82, 2.24) is 20.6 Å². The number of H-pyrrole nitrogens is 1. The van der Waals surface area contributed by atoms with Crippen molar-refractivity contribution in [2.75, 3.05) is 0 Å². The summed E-state index contributed by atoms with van der Waals surface area (Å²) in [5, 5.41) is 17.0. The zero-order valence-corrected chi connectivity index (χ0v) is 21.1. The molecule has 0 fully saturated rings. The Morgan fingerprint density at radius 3 is 2.17 bits per heavy atom. The Morgan fingerprint density at radius 2 is 1.61 bits per heavy atom. The maximum atomic E-state index is 13.2. The summed E-state index contributed by atoms with van der Waals surface area (Å²) in [7, 11) is 0. The number of ether oxygens (including phenoxy) is 1. The Balaban J connectivity index is 1.75. The molecule has 0 aliphatic heterocycles. The van der Waals surface area contributed by atoms with Crippen LogP contribution in [0.3, 0.4) is 0 Å². The van der Waals surface area contributed by atoms with E-state index in [1.807, 2.05) is 60.7 Å². The topological polar surface area (TPSA) is 116 Å². The molecular weight excluding hydrogens is 456 g/mol. The standard InChI is InChI=1S/C28H36N4O4/c1-28(2,3)36-27(35)32-23(17-21-12-8-5-9-13-21)24(33)18-22(16-20-10-6-4-7-11-20)26(34)31-19-25-29-14-15-30-25/h4-15,22-24,33H,16-19H2,1-3H3,(H,29,30)(H,31,34)(H,32,35)/t22-,23+,24+/m1/s1. The molecule has 2 aromatic carbocycles.